The first-order chi connectivity index (χ1) is 37.8. The molecule has 13 aromatic rings. The van der Waals surface area contributed by atoms with Crippen molar-refractivity contribution in [1.29, 1.82) is 0 Å². The van der Waals surface area contributed by atoms with Gasteiger partial charge < -0.3 is 4.57 Å². The van der Waals surface area contributed by atoms with Crippen molar-refractivity contribution in [3.63, 3.8) is 0 Å². The van der Waals surface area contributed by atoms with E-state index < -0.39 is 0 Å². The first-order valence-electron chi connectivity index (χ1n) is 27.0. The molecule has 1 aromatic heterocycles. The van der Waals surface area contributed by atoms with Gasteiger partial charge in [-0.3, -0.25) is 0 Å². The van der Waals surface area contributed by atoms with Crippen molar-refractivity contribution in [3.8, 4) is 50.2 Å². The van der Waals surface area contributed by atoms with Crippen LogP contribution in [0.5, 0.6) is 0 Å². The van der Waals surface area contributed by atoms with Gasteiger partial charge in [0.2, 0.25) is 0 Å². The average molecular weight is 988 g/mol. The molecule has 77 heavy (non-hydrogen) atoms. The molecule has 14 rings (SSSR count). The molecule has 1 heterocycles. The fourth-order valence-electron chi connectivity index (χ4n) is 11.7. The van der Waals surface area contributed by atoms with Crippen LogP contribution in [-0.2, 0) is 5.41 Å². The van der Waals surface area contributed by atoms with E-state index in [4.69, 9.17) is 0 Å². The standard InChI is InChI=1S/C35H25N.C26H20.C15H16/c1-24-14-16-25(17-15-24)27-9-7-10-28(22-27)29-19-20-33-32(23-29)35-31-13-6-5-8-26(31)18-21-34(35)36(33)30-11-3-2-4-12-30;1-19-16-17-23-22-14-8-9-15-24(22)26(25(23)18-19,20-10-4-2-5-11-20)21-12-6-3-7-13-21;1-12(2)13-8-10-15(11-9-13)14-6-4-3-5-7-14/h2-23H,1H3;2-18H,1H3;3-12H,1-2H3. The Morgan fingerprint density at radius 2 is 0.818 bits per heavy atom. The molecule has 1 aliphatic rings. The maximum absolute atomic E-state index is 2.39. The number of fused-ring (bicyclic) bond motifs is 8. The van der Waals surface area contributed by atoms with Crippen LogP contribution in [0, 0.1) is 13.8 Å². The zero-order valence-corrected chi connectivity index (χ0v) is 44.2. The normalized spacial score (nSPS) is 12.1. The van der Waals surface area contributed by atoms with Crippen LogP contribution in [0.15, 0.2) is 291 Å². The zero-order valence-electron chi connectivity index (χ0n) is 44.2. The number of hydrogen-bond donors (Lipinski definition) is 0. The molecule has 370 valence electrons. The Kier molecular flexibility index (Phi) is 13.4. The summed E-state index contributed by atoms with van der Waals surface area (Å²) in [5.41, 5.74) is 23.0. The lowest BCUT2D eigenvalue weighted by Crippen LogP contribution is -2.28. The van der Waals surface area contributed by atoms with Crippen LogP contribution in [-0.4, -0.2) is 4.57 Å². The second kappa shape index (κ2) is 21.1. The summed E-state index contributed by atoms with van der Waals surface area (Å²) >= 11 is 0. The zero-order chi connectivity index (χ0) is 52.3. The highest BCUT2D eigenvalue weighted by atomic mass is 15.0. The lowest BCUT2D eigenvalue weighted by molar-refractivity contribution is 0.767. The van der Waals surface area contributed by atoms with Crippen LogP contribution in [0.3, 0.4) is 0 Å². The Balaban J connectivity index is 0.000000127. The van der Waals surface area contributed by atoms with Crippen molar-refractivity contribution in [2.24, 2.45) is 0 Å². The van der Waals surface area contributed by atoms with E-state index in [1.54, 1.807) is 0 Å². The largest absolute Gasteiger partial charge is 0.309 e. The lowest BCUT2D eigenvalue weighted by Gasteiger charge is -2.34. The van der Waals surface area contributed by atoms with Gasteiger partial charge in [0.25, 0.3) is 0 Å². The summed E-state index contributed by atoms with van der Waals surface area (Å²) in [5.74, 6) is 0.606. The number of aryl methyl sites for hydroxylation is 2. The van der Waals surface area contributed by atoms with E-state index in [1.807, 2.05) is 6.07 Å². The van der Waals surface area contributed by atoms with Crippen LogP contribution in [0.1, 0.15) is 58.7 Å². The Hall–Kier alpha value is -9.30. The van der Waals surface area contributed by atoms with Gasteiger partial charge in [0.15, 0.2) is 0 Å². The third-order valence-corrected chi connectivity index (χ3v) is 15.5. The van der Waals surface area contributed by atoms with Gasteiger partial charge in [-0.1, -0.05) is 280 Å². The van der Waals surface area contributed by atoms with Crippen molar-refractivity contribution < 1.29 is 0 Å². The summed E-state index contributed by atoms with van der Waals surface area (Å²) in [4.78, 5) is 0. The highest BCUT2D eigenvalue weighted by Crippen LogP contribution is 2.56. The molecule has 0 amide bonds. The first-order valence-corrected chi connectivity index (χ1v) is 27.0. The summed E-state index contributed by atoms with van der Waals surface area (Å²) in [7, 11) is 0. The van der Waals surface area contributed by atoms with Gasteiger partial charge in [-0.05, 0) is 139 Å². The fraction of sp³-hybridized carbons (Fsp3) is 0.0789. The minimum atomic E-state index is -0.263. The van der Waals surface area contributed by atoms with Gasteiger partial charge in [-0.15, -0.1) is 0 Å². The minimum Gasteiger partial charge on any atom is -0.309 e. The highest BCUT2D eigenvalue weighted by Gasteiger charge is 2.45. The Morgan fingerprint density at radius 3 is 1.51 bits per heavy atom. The predicted octanol–water partition coefficient (Wildman–Crippen LogP) is 20.4. The monoisotopic (exact) mass is 987 g/mol. The van der Waals surface area contributed by atoms with Crippen LogP contribution in [0.2, 0.25) is 0 Å². The Labute approximate surface area is 454 Å². The highest BCUT2D eigenvalue weighted by molar-refractivity contribution is 6.22. The van der Waals surface area contributed by atoms with Gasteiger partial charge in [0.1, 0.15) is 0 Å². The summed E-state index contributed by atoms with van der Waals surface area (Å²) < 4.78 is 2.39. The summed E-state index contributed by atoms with van der Waals surface area (Å²) in [6.45, 7) is 8.75. The molecule has 0 atom stereocenters. The smallest absolute Gasteiger partial charge is 0.0713 e. The maximum Gasteiger partial charge on any atom is 0.0713 e. The average Bonchev–Trinajstić information content (AvgIpc) is 4.09. The SMILES string of the molecule is CC(C)c1ccc(-c2ccccc2)cc1.Cc1ccc(-c2cccc(-c3ccc4c(c3)c3c5ccccc5ccc3n4-c3ccccc3)c2)cc1.Cc1ccc2c(c1)C(c1ccccc1)(c1ccccc1)c1ccccc1-2. The van der Waals surface area contributed by atoms with E-state index in [2.05, 4.69) is 317 Å². The molecule has 0 spiro atoms. The molecular formula is C76H61N. The second-order valence-electron chi connectivity index (χ2n) is 20.7. The van der Waals surface area contributed by atoms with E-state index in [1.165, 1.54) is 122 Å². The van der Waals surface area contributed by atoms with E-state index in [-0.39, 0.29) is 5.41 Å². The molecule has 1 aliphatic carbocycles. The molecule has 0 saturated heterocycles. The minimum absolute atomic E-state index is 0.263. The third kappa shape index (κ3) is 9.25. The number of rotatable bonds is 7. The second-order valence-corrected chi connectivity index (χ2v) is 20.7. The Bertz CT molecular complexity index is 4110. The molecule has 0 N–H and O–H groups in total. The predicted molar refractivity (Wildman–Crippen MR) is 328 cm³/mol. The maximum atomic E-state index is 2.39. The molecule has 0 unspecified atom stereocenters. The van der Waals surface area contributed by atoms with Crippen molar-refractivity contribution in [2.45, 2.75) is 39.0 Å². The van der Waals surface area contributed by atoms with Crippen molar-refractivity contribution in [2.75, 3.05) is 0 Å². The third-order valence-electron chi connectivity index (χ3n) is 15.5. The lowest BCUT2D eigenvalue weighted by atomic mass is 9.67. The van der Waals surface area contributed by atoms with Crippen LogP contribution < -0.4 is 0 Å². The van der Waals surface area contributed by atoms with Gasteiger partial charge in [-0.2, -0.15) is 0 Å². The molecule has 0 radical (unpaired) electrons. The summed E-state index contributed by atoms with van der Waals surface area (Å²) in [5, 5.41) is 5.15. The molecule has 0 saturated carbocycles. The molecule has 0 bridgehead atoms. The number of nitrogens with zero attached hydrogens (tertiary/aromatic N) is 1. The molecule has 0 fully saturated rings. The van der Waals surface area contributed by atoms with Crippen molar-refractivity contribution in [1.82, 2.24) is 4.57 Å². The van der Waals surface area contributed by atoms with E-state index >= 15 is 0 Å². The fourth-order valence-corrected chi connectivity index (χ4v) is 11.7. The first kappa shape index (κ1) is 48.6. The number of hydrogen-bond acceptors (Lipinski definition) is 0. The van der Waals surface area contributed by atoms with Gasteiger partial charge in [0.05, 0.1) is 16.4 Å². The summed E-state index contributed by atoms with van der Waals surface area (Å²) in [6, 6.07) is 105. The number of benzene rings is 12. The van der Waals surface area contributed by atoms with Crippen LogP contribution in [0.4, 0.5) is 0 Å². The molecule has 12 aromatic carbocycles. The molecule has 1 nitrogen and oxygen atoms in total. The van der Waals surface area contributed by atoms with Gasteiger partial charge in [0, 0.05) is 16.5 Å². The molecule has 0 aliphatic heterocycles. The van der Waals surface area contributed by atoms with Crippen LogP contribution >= 0.6 is 0 Å². The molecular weight excluding hydrogens is 927 g/mol. The van der Waals surface area contributed by atoms with E-state index in [0.29, 0.717) is 5.92 Å². The number of para-hydroxylation sites is 1. The quantitative estimate of drug-likeness (QED) is 0.150. The summed E-state index contributed by atoms with van der Waals surface area (Å²) in [6.07, 6.45) is 0. The Morgan fingerprint density at radius 1 is 0.325 bits per heavy atom. The van der Waals surface area contributed by atoms with Gasteiger partial charge >= 0.3 is 0 Å². The topological polar surface area (TPSA) is 4.93 Å². The molecule has 1 heteroatoms. The van der Waals surface area contributed by atoms with Crippen molar-refractivity contribution >= 4 is 32.6 Å². The van der Waals surface area contributed by atoms with Crippen LogP contribution in [0.25, 0.3) is 82.8 Å². The van der Waals surface area contributed by atoms with Gasteiger partial charge in [-0.25, -0.2) is 0 Å². The number of aromatic nitrogens is 1. The van der Waals surface area contributed by atoms with E-state index in [9.17, 15) is 0 Å². The van der Waals surface area contributed by atoms with Crippen molar-refractivity contribution in [3.05, 3.63) is 330 Å². The van der Waals surface area contributed by atoms with E-state index in [0.717, 1.165) is 0 Å².